The Kier molecular flexibility index (Phi) is 9.87. The average molecular weight is 853 g/mol. The second kappa shape index (κ2) is 15.2. The van der Waals surface area contributed by atoms with Gasteiger partial charge in [-0.1, -0.05) is 172 Å². The highest BCUT2D eigenvalue weighted by Crippen LogP contribution is 2.52. The SMILES string of the molecule is CC(C)(C)c1cc(-c2cccc3c2nc(-c2ccc4c(c2O)C(C)(C)CCC4(C)C)n3-c2ccc(C(C)(C)C)cc2-c2ccccc2)cc(-n2[c-][n+](-c3ccccc3)c3ccccc32)c1. The molecule has 1 aliphatic carbocycles. The Labute approximate surface area is 384 Å². The summed E-state index contributed by atoms with van der Waals surface area (Å²) in [5.41, 5.74) is 16.4. The Morgan fingerprint density at radius 1 is 0.585 bits per heavy atom. The normalized spacial score (nSPS) is 14.8. The van der Waals surface area contributed by atoms with Gasteiger partial charge in [0.15, 0.2) is 0 Å². The van der Waals surface area contributed by atoms with Crippen molar-refractivity contribution >= 4 is 22.1 Å². The molecule has 0 saturated carbocycles. The van der Waals surface area contributed by atoms with E-state index in [2.05, 4.69) is 235 Å². The maximum absolute atomic E-state index is 12.8. The van der Waals surface area contributed by atoms with Crippen LogP contribution in [-0.2, 0) is 21.7 Å². The van der Waals surface area contributed by atoms with E-state index in [1.165, 1.54) is 16.7 Å². The van der Waals surface area contributed by atoms with Crippen molar-refractivity contribution in [1.29, 1.82) is 0 Å². The third-order valence-corrected chi connectivity index (χ3v) is 14.0. The number of phenols is 1. The summed E-state index contributed by atoms with van der Waals surface area (Å²) in [7, 11) is 0. The van der Waals surface area contributed by atoms with Crippen molar-refractivity contribution in [3.05, 3.63) is 180 Å². The van der Waals surface area contributed by atoms with Crippen LogP contribution >= 0.6 is 0 Å². The number of aromatic nitrogens is 4. The summed E-state index contributed by atoms with van der Waals surface area (Å²) in [6, 6.07) is 54.4. The van der Waals surface area contributed by atoms with Crippen LogP contribution in [0.4, 0.5) is 0 Å². The third-order valence-electron chi connectivity index (χ3n) is 14.0. The van der Waals surface area contributed by atoms with Gasteiger partial charge in [-0.3, -0.25) is 13.7 Å². The van der Waals surface area contributed by atoms with Crippen LogP contribution in [0.5, 0.6) is 5.75 Å². The van der Waals surface area contributed by atoms with Crippen molar-refractivity contribution in [1.82, 2.24) is 14.1 Å². The molecule has 7 aromatic carbocycles. The molecule has 10 rings (SSSR count). The molecule has 0 unspecified atom stereocenters. The first-order valence-corrected chi connectivity index (χ1v) is 23.2. The quantitative estimate of drug-likeness (QED) is 0.134. The summed E-state index contributed by atoms with van der Waals surface area (Å²) < 4.78 is 6.65. The summed E-state index contributed by atoms with van der Waals surface area (Å²) in [5.74, 6) is 1.04. The molecule has 9 aromatic rings. The molecule has 5 heteroatoms. The van der Waals surface area contributed by atoms with Gasteiger partial charge in [-0.2, -0.15) is 0 Å². The van der Waals surface area contributed by atoms with Crippen LogP contribution in [0, 0.1) is 6.33 Å². The van der Waals surface area contributed by atoms with Crippen LogP contribution in [-0.4, -0.2) is 19.2 Å². The van der Waals surface area contributed by atoms with Gasteiger partial charge >= 0.3 is 0 Å². The summed E-state index contributed by atoms with van der Waals surface area (Å²) in [5, 5.41) is 12.8. The molecular formula is C60H60N4O. The largest absolute Gasteiger partial charge is 0.507 e. The minimum Gasteiger partial charge on any atom is -0.507 e. The lowest BCUT2D eigenvalue weighted by atomic mass is 9.62. The number of hydrogen-bond acceptors (Lipinski definition) is 2. The third kappa shape index (κ3) is 7.26. The highest BCUT2D eigenvalue weighted by molar-refractivity contribution is 5.97. The number of rotatable bonds is 6. The molecule has 0 radical (unpaired) electrons. The molecule has 0 fully saturated rings. The van der Waals surface area contributed by atoms with Crippen LogP contribution in [0.1, 0.15) is 104 Å². The van der Waals surface area contributed by atoms with Crippen molar-refractivity contribution in [2.24, 2.45) is 0 Å². The Morgan fingerprint density at radius 2 is 1.25 bits per heavy atom. The van der Waals surface area contributed by atoms with Crippen LogP contribution in [0.15, 0.2) is 152 Å². The van der Waals surface area contributed by atoms with Gasteiger partial charge in [-0.05, 0) is 111 Å². The topological polar surface area (TPSA) is 46.9 Å². The van der Waals surface area contributed by atoms with E-state index < -0.39 is 0 Å². The standard InChI is InChI=1S/C60H60N4O/c1-57(2,3)41-28-31-49(47(37-41)39-20-13-11-14-21-39)64-52-27-19-24-45(54(52)61-56(64)46-29-30-48-53(55(46)65)60(9,10)33-32-59(48,7)8)40-34-42(58(4,5)6)36-44(35-40)63-38-62(43-22-15-12-16-23-43)50-25-17-18-26-51(50)63/h11-31,34-37,65H,32-33H2,1-10H3. The van der Waals surface area contributed by atoms with Crippen LogP contribution < -0.4 is 4.57 Å². The monoisotopic (exact) mass is 852 g/mol. The van der Waals surface area contributed by atoms with Crippen LogP contribution in [0.2, 0.25) is 0 Å². The fraction of sp³-hybridized carbons (Fsp3) is 0.267. The van der Waals surface area contributed by atoms with Gasteiger partial charge in [0, 0.05) is 16.7 Å². The van der Waals surface area contributed by atoms with Crippen LogP contribution in [0.25, 0.3) is 72.8 Å². The fourth-order valence-electron chi connectivity index (χ4n) is 10.1. The van der Waals surface area contributed by atoms with Gasteiger partial charge in [0.2, 0.25) is 0 Å². The summed E-state index contributed by atoms with van der Waals surface area (Å²) in [4.78, 5) is 5.71. The van der Waals surface area contributed by atoms with Gasteiger partial charge in [0.1, 0.15) is 11.6 Å². The van der Waals surface area contributed by atoms with Crippen molar-refractivity contribution in [2.75, 3.05) is 0 Å². The molecule has 0 atom stereocenters. The number of fused-ring (bicyclic) bond motifs is 3. The molecule has 2 aromatic heterocycles. The Morgan fingerprint density at radius 3 is 1.97 bits per heavy atom. The van der Waals surface area contributed by atoms with E-state index in [1.54, 1.807) is 0 Å². The first-order valence-electron chi connectivity index (χ1n) is 23.2. The second-order valence-corrected chi connectivity index (χ2v) is 21.6. The van der Waals surface area contributed by atoms with Crippen molar-refractivity contribution in [3.8, 4) is 56.5 Å². The van der Waals surface area contributed by atoms with E-state index >= 15 is 0 Å². The van der Waals surface area contributed by atoms with E-state index in [-0.39, 0.29) is 21.7 Å². The first kappa shape index (κ1) is 42.2. The second-order valence-electron chi connectivity index (χ2n) is 21.6. The maximum Gasteiger partial charge on any atom is 0.269 e. The summed E-state index contributed by atoms with van der Waals surface area (Å²) in [6.07, 6.45) is 5.79. The van der Waals surface area contributed by atoms with E-state index in [9.17, 15) is 5.11 Å². The van der Waals surface area contributed by atoms with Gasteiger partial charge in [-0.25, -0.2) is 4.98 Å². The highest BCUT2D eigenvalue weighted by Gasteiger charge is 2.40. The average Bonchev–Trinajstić information content (AvgIpc) is 3.87. The van der Waals surface area contributed by atoms with E-state index in [4.69, 9.17) is 4.98 Å². The van der Waals surface area contributed by atoms with E-state index in [1.807, 2.05) is 6.07 Å². The summed E-state index contributed by atoms with van der Waals surface area (Å²) in [6.45, 7) is 22.8. The minimum absolute atomic E-state index is 0.0595. The molecule has 2 heterocycles. The van der Waals surface area contributed by atoms with E-state index in [0.29, 0.717) is 11.6 Å². The van der Waals surface area contributed by atoms with Crippen molar-refractivity contribution in [2.45, 2.75) is 104 Å². The Balaban J connectivity index is 1.27. The highest BCUT2D eigenvalue weighted by atomic mass is 16.3. The predicted molar refractivity (Wildman–Crippen MR) is 269 cm³/mol. The minimum atomic E-state index is -0.210. The lowest BCUT2D eigenvalue weighted by molar-refractivity contribution is -0.572. The molecule has 0 spiro atoms. The van der Waals surface area contributed by atoms with Gasteiger partial charge in [0.05, 0.1) is 44.7 Å². The zero-order valence-electron chi connectivity index (χ0n) is 39.6. The lowest BCUT2D eigenvalue weighted by Crippen LogP contribution is -2.34. The number of para-hydroxylation sites is 4. The molecule has 0 saturated heterocycles. The van der Waals surface area contributed by atoms with Crippen LogP contribution in [0.3, 0.4) is 0 Å². The molecule has 1 aliphatic rings. The zero-order valence-corrected chi connectivity index (χ0v) is 39.6. The molecular weight excluding hydrogens is 793 g/mol. The molecule has 0 aliphatic heterocycles. The predicted octanol–water partition coefficient (Wildman–Crippen LogP) is 14.7. The molecule has 326 valence electrons. The number of nitrogens with zero attached hydrogens (tertiary/aromatic N) is 4. The Bertz CT molecular complexity index is 3280. The number of benzene rings is 7. The number of aromatic hydroxyl groups is 1. The first-order chi connectivity index (χ1) is 30.9. The molecule has 1 N–H and O–H groups in total. The van der Waals surface area contributed by atoms with E-state index in [0.717, 1.165) is 85.4 Å². The number of imidazole rings is 2. The zero-order chi connectivity index (χ0) is 45.6. The fourth-order valence-corrected chi connectivity index (χ4v) is 10.1. The number of phenolic OH excluding ortho intramolecular Hbond substituents is 1. The molecule has 0 bridgehead atoms. The lowest BCUT2D eigenvalue weighted by Gasteiger charge is -2.42. The van der Waals surface area contributed by atoms with Crippen molar-refractivity contribution < 1.29 is 9.67 Å². The molecule has 0 amide bonds. The van der Waals surface area contributed by atoms with Gasteiger partial charge in [-0.15, -0.1) is 0 Å². The maximum atomic E-state index is 12.8. The molecule has 65 heavy (non-hydrogen) atoms. The van der Waals surface area contributed by atoms with Crippen molar-refractivity contribution in [3.63, 3.8) is 0 Å². The summed E-state index contributed by atoms with van der Waals surface area (Å²) >= 11 is 0. The van der Waals surface area contributed by atoms with Gasteiger partial charge in [0.25, 0.3) is 6.33 Å². The Hall–Kier alpha value is -6.72. The van der Waals surface area contributed by atoms with Gasteiger partial charge < -0.3 is 5.11 Å². The molecule has 5 nitrogen and oxygen atoms in total. The smallest absolute Gasteiger partial charge is 0.269 e. The number of hydrogen-bond donors (Lipinski definition) is 1.